The number of carbonyl (C=O) groups is 1. The van der Waals surface area contributed by atoms with E-state index < -0.39 is 29.2 Å². The molecule has 0 radical (unpaired) electrons. The summed E-state index contributed by atoms with van der Waals surface area (Å²) in [6.45, 7) is 0.415. The molecular weight excluding hydrogens is 415 g/mol. The first-order valence-corrected chi connectivity index (χ1v) is 9.49. The van der Waals surface area contributed by atoms with Crippen molar-refractivity contribution in [2.45, 2.75) is 12.2 Å². The highest BCUT2D eigenvalue weighted by Crippen LogP contribution is 2.39. The van der Waals surface area contributed by atoms with E-state index >= 15 is 0 Å². The first-order valence-electron chi connectivity index (χ1n) is 9.49. The first-order chi connectivity index (χ1) is 14.8. The van der Waals surface area contributed by atoms with Gasteiger partial charge in [-0.3, -0.25) is 0 Å². The Balaban J connectivity index is 1.81. The predicted molar refractivity (Wildman–Crippen MR) is 107 cm³/mol. The Hall–Kier alpha value is -3.11. The molecule has 10 heteroatoms. The zero-order valence-electron chi connectivity index (χ0n) is 16.9. The van der Waals surface area contributed by atoms with Gasteiger partial charge in [0.25, 0.3) is 0 Å². The van der Waals surface area contributed by atoms with Crippen molar-refractivity contribution in [3.63, 3.8) is 0 Å². The third-order valence-corrected chi connectivity index (χ3v) is 5.59. The molecule has 1 aromatic heterocycles. The Labute approximate surface area is 176 Å². The molecule has 2 aromatic rings. The Morgan fingerprint density at radius 3 is 2.48 bits per heavy atom. The Kier molecular flexibility index (Phi) is 5.36. The fourth-order valence-electron chi connectivity index (χ4n) is 3.89. The minimum Gasteiger partial charge on any atom is -0.478 e. The first kappa shape index (κ1) is 21.1. The van der Waals surface area contributed by atoms with Crippen LogP contribution in [0.5, 0.6) is 0 Å². The molecule has 0 amide bonds. The van der Waals surface area contributed by atoms with Crippen molar-refractivity contribution in [3.05, 3.63) is 52.9 Å². The van der Waals surface area contributed by atoms with Gasteiger partial charge in [-0.2, -0.15) is 0 Å². The summed E-state index contributed by atoms with van der Waals surface area (Å²) in [5.74, 6) is -4.27. The van der Waals surface area contributed by atoms with Crippen molar-refractivity contribution in [2.75, 3.05) is 43.7 Å². The maximum atomic E-state index is 15.0. The number of ether oxygens (including phenoxy) is 2. The van der Waals surface area contributed by atoms with Gasteiger partial charge >= 0.3 is 5.97 Å². The third kappa shape index (κ3) is 3.72. The van der Waals surface area contributed by atoms with Gasteiger partial charge in [-0.05, 0) is 24.3 Å². The fourth-order valence-corrected chi connectivity index (χ4v) is 3.89. The number of benzene rings is 1. The molecule has 1 fully saturated rings. The molecule has 4 rings (SSSR count). The normalized spacial score (nSPS) is 17.5. The summed E-state index contributed by atoms with van der Waals surface area (Å²) in [4.78, 5) is 18.9. The minimum atomic E-state index is -1.23. The molecule has 164 valence electrons. The van der Waals surface area contributed by atoms with Crippen LogP contribution in [0.3, 0.4) is 0 Å². The number of aliphatic carboxylic acids is 1. The van der Waals surface area contributed by atoms with Crippen LogP contribution in [0, 0.1) is 17.5 Å². The SMILES string of the molecule is COC1(OC)CCN(c2nc3c(cc2F)C=C(C(=O)O)CN3c2ccc(F)cc2F)C1. The molecule has 3 heterocycles. The van der Waals surface area contributed by atoms with E-state index in [0.717, 1.165) is 12.1 Å². The summed E-state index contributed by atoms with van der Waals surface area (Å²) in [6.07, 6.45) is 1.78. The van der Waals surface area contributed by atoms with E-state index in [-0.39, 0.29) is 41.5 Å². The van der Waals surface area contributed by atoms with Crippen LogP contribution < -0.4 is 9.80 Å². The molecule has 0 aliphatic carbocycles. The molecule has 0 bridgehead atoms. The number of nitrogens with zero attached hydrogens (tertiary/aromatic N) is 3. The van der Waals surface area contributed by atoms with E-state index in [1.54, 1.807) is 4.90 Å². The van der Waals surface area contributed by atoms with Crippen LogP contribution in [-0.4, -0.2) is 55.7 Å². The third-order valence-electron chi connectivity index (χ3n) is 5.59. The number of hydrogen-bond acceptors (Lipinski definition) is 6. The van der Waals surface area contributed by atoms with E-state index in [2.05, 4.69) is 4.98 Å². The summed E-state index contributed by atoms with van der Waals surface area (Å²) < 4.78 is 53.8. The highest BCUT2D eigenvalue weighted by atomic mass is 19.1. The Morgan fingerprint density at radius 2 is 1.87 bits per heavy atom. The smallest absolute Gasteiger partial charge is 0.333 e. The number of carboxylic acid groups (broad SMARTS) is 1. The molecule has 0 spiro atoms. The number of aromatic nitrogens is 1. The molecular formula is C21H20F3N3O4. The zero-order chi connectivity index (χ0) is 22.3. The van der Waals surface area contributed by atoms with Crippen LogP contribution in [0.25, 0.3) is 6.08 Å². The number of hydrogen-bond donors (Lipinski definition) is 1. The van der Waals surface area contributed by atoms with E-state index in [0.29, 0.717) is 19.0 Å². The second kappa shape index (κ2) is 7.86. The summed E-state index contributed by atoms with van der Waals surface area (Å²) in [5, 5.41) is 9.45. The molecule has 31 heavy (non-hydrogen) atoms. The number of carboxylic acids is 1. The van der Waals surface area contributed by atoms with Gasteiger partial charge in [-0.15, -0.1) is 0 Å². The van der Waals surface area contributed by atoms with Gasteiger partial charge < -0.3 is 24.4 Å². The monoisotopic (exact) mass is 435 g/mol. The molecule has 7 nitrogen and oxygen atoms in total. The van der Waals surface area contributed by atoms with E-state index in [9.17, 15) is 23.1 Å². The van der Waals surface area contributed by atoms with Gasteiger partial charge in [-0.1, -0.05) is 0 Å². The van der Waals surface area contributed by atoms with Gasteiger partial charge in [0.1, 0.15) is 17.5 Å². The highest BCUT2D eigenvalue weighted by molar-refractivity contribution is 5.97. The van der Waals surface area contributed by atoms with Gasteiger partial charge in [0.15, 0.2) is 17.4 Å². The number of rotatable bonds is 5. The highest BCUT2D eigenvalue weighted by Gasteiger charge is 2.40. The Bertz CT molecular complexity index is 1070. The largest absolute Gasteiger partial charge is 0.478 e. The van der Waals surface area contributed by atoms with Gasteiger partial charge in [0, 0.05) is 38.8 Å². The van der Waals surface area contributed by atoms with Crippen LogP contribution in [-0.2, 0) is 14.3 Å². The maximum absolute atomic E-state index is 15.0. The fraction of sp³-hybridized carbons (Fsp3) is 0.333. The summed E-state index contributed by atoms with van der Waals surface area (Å²) in [5.41, 5.74) is 0.0332. The quantitative estimate of drug-likeness (QED) is 0.723. The van der Waals surface area contributed by atoms with Crippen LogP contribution in [0.2, 0.25) is 0 Å². The lowest BCUT2D eigenvalue weighted by molar-refractivity contribution is -0.189. The molecule has 2 aliphatic rings. The Morgan fingerprint density at radius 1 is 1.13 bits per heavy atom. The van der Waals surface area contributed by atoms with Crippen molar-refractivity contribution in [2.24, 2.45) is 0 Å². The van der Waals surface area contributed by atoms with Gasteiger partial charge in [0.05, 0.1) is 24.4 Å². The second-order valence-corrected chi connectivity index (χ2v) is 7.35. The molecule has 1 saturated heterocycles. The van der Waals surface area contributed by atoms with Crippen molar-refractivity contribution in [1.29, 1.82) is 0 Å². The zero-order valence-corrected chi connectivity index (χ0v) is 16.9. The number of methoxy groups -OCH3 is 2. The number of fused-ring (bicyclic) bond motifs is 1. The van der Waals surface area contributed by atoms with Gasteiger partial charge in [-0.25, -0.2) is 22.9 Å². The standard InChI is InChI=1S/C21H20F3N3O4/c1-30-21(31-2)5-6-26(11-21)19-16(24)8-12-7-13(20(28)29)10-27(18(12)25-19)17-4-3-14(22)9-15(17)23/h3-4,7-9H,5-6,10-11H2,1-2H3,(H,28,29). The summed E-state index contributed by atoms with van der Waals surface area (Å²) >= 11 is 0. The minimum absolute atomic E-state index is 0.00872. The van der Waals surface area contributed by atoms with Crippen molar-refractivity contribution >= 4 is 29.4 Å². The number of pyridine rings is 1. The molecule has 1 aromatic carbocycles. The summed E-state index contributed by atoms with van der Waals surface area (Å²) in [7, 11) is 3.00. The van der Waals surface area contributed by atoms with Crippen LogP contribution in [0.4, 0.5) is 30.5 Å². The van der Waals surface area contributed by atoms with Crippen LogP contribution in [0.15, 0.2) is 29.8 Å². The lowest BCUT2D eigenvalue weighted by atomic mass is 10.0. The molecule has 2 aliphatic heterocycles. The van der Waals surface area contributed by atoms with Gasteiger partial charge in [0.2, 0.25) is 0 Å². The van der Waals surface area contributed by atoms with Crippen LogP contribution >= 0.6 is 0 Å². The van der Waals surface area contributed by atoms with Crippen molar-refractivity contribution in [1.82, 2.24) is 4.98 Å². The predicted octanol–water partition coefficient (Wildman–Crippen LogP) is 3.32. The summed E-state index contributed by atoms with van der Waals surface area (Å²) in [6, 6.07) is 4.12. The van der Waals surface area contributed by atoms with Crippen molar-refractivity contribution in [3.8, 4) is 0 Å². The van der Waals surface area contributed by atoms with Crippen LogP contribution in [0.1, 0.15) is 12.0 Å². The molecule has 0 unspecified atom stereocenters. The van der Waals surface area contributed by atoms with E-state index in [1.807, 2.05) is 0 Å². The molecule has 0 saturated carbocycles. The number of halogens is 3. The van der Waals surface area contributed by atoms with E-state index in [4.69, 9.17) is 9.47 Å². The lowest BCUT2D eigenvalue weighted by Crippen LogP contribution is -2.38. The maximum Gasteiger partial charge on any atom is 0.333 e. The molecule has 1 N–H and O–H groups in total. The topological polar surface area (TPSA) is 75.1 Å². The number of anilines is 3. The second-order valence-electron chi connectivity index (χ2n) is 7.35. The molecule has 0 atom stereocenters. The lowest BCUT2D eigenvalue weighted by Gasteiger charge is -2.31. The van der Waals surface area contributed by atoms with Crippen molar-refractivity contribution < 1.29 is 32.5 Å². The van der Waals surface area contributed by atoms with E-state index in [1.165, 1.54) is 31.3 Å². The average Bonchev–Trinajstić information content (AvgIpc) is 3.17. The average molecular weight is 435 g/mol.